The van der Waals surface area contributed by atoms with Crippen molar-refractivity contribution in [2.45, 2.75) is 4.90 Å². The highest BCUT2D eigenvalue weighted by Gasteiger charge is 2.13. The summed E-state index contributed by atoms with van der Waals surface area (Å²) in [7, 11) is -3.67. The van der Waals surface area contributed by atoms with Crippen molar-refractivity contribution >= 4 is 27.8 Å². The van der Waals surface area contributed by atoms with Crippen molar-refractivity contribution in [1.29, 1.82) is 0 Å². The SMILES string of the molecule is O=C(N/N=C/c1cccnc1)c1ccc(NS(=O)(=O)c2ccccc2)cc1. The first kappa shape index (κ1) is 18.3. The molecule has 0 radical (unpaired) electrons. The number of hydrogen-bond donors (Lipinski definition) is 2. The van der Waals surface area contributed by atoms with Gasteiger partial charge in [0.15, 0.2) is 0 Å². The summed E-state index contributed by atoms with van der Waals surface area (Å²) in [5.41, 5.74) is 3.86. The Morgan fingerprint density at radius 2 is 1.70 bits per heavy atom. The van der Waals surface area contributed by atoms with Gasteiger partial charge in [0, 0.05) is 29.2 Å². The monoisotopic (exact) mass is 380 g/mol. The summed E-state index contributed by atoms with van der Waals surface area (Å²) in [6.45, 7) is 0. The maximum atomic E-state index is 12.3. The first-order valence-electron chi connectivity index (χ1n) is 7.96. The molecule has 3 aromatic rings. The van der Waals surface area contributed by atoms with E-state index in [1.54, 1.807) is 42.7 Å². The molecule has 7 nitrogen and oxygen atoms in total. The Morgan fingerprint density at radius 3 is 2.37 bits per heavy atom. The third-order valence-electron chi connectivity index (χ3n) is 3.52. The summed E-state index contributed by atoms with van der Waals surface area (Å²) in [5, 5.41) is 3.86. The Bertz CT molecular complexity index is 1040. The maximum absolute atomic E-state index is 12.3. The van der Waals surface area contributed by atoms with Crippen LogP contribution >= 0.6 is 0 Å². The van der Waals surface area contributed by atoms with Crippen LogP contribution in [0.15, 0.2) is 89.1 Å². The molecule has 0 saturated carbocycles. The van der Waals surface area contributed by atoms with E-state index in [9.17, 15) is 13.2 Å². The average molecular weight is 380 g/mol. The van der Waals surface area contributed by atoms with Gasteiger partial charge >= 0.3 is 0 Å². The van der Waals surface area contributed by atoms with Crippen LogP contribution in [0.3, 0.4) is 0 Å². The number of nitrogens with zero attached hydrogens (tertiary/aromatic N) is 2. The number of anilines is 1. The van der Waals surface area contributed by atoms with E-state index in [1.165, 1.54) is 42.6 Å². The Balaban J connectivity index is 1.63. The molecule has 0 aliphatic heterocycles. The molecule has 136 valence electrons. The van der Waals surface area contributed by atoms with Crippen LogP contribution in [-0.2, 0) is 10.0 Å². The Morgan fingerprint density at radius 1 is 0.963 bits per heavy atom. The summed E-state index contributed by atoms with van der Waals surface area (Å²) < 4.78 is 27.0. The minimum absolute atomic E-state index is 0.163. The summed E-state index contributed by atoms with van der Waals surface area (Å²) in [6, 6.07) is 17.7. The molecule has 0 aliphatic rings. The normalized spacial score (nSPS) is 11.3. The molecule has 0 unspecified atom stereocenters. The predicted octanol–water partition coefficient (Wildman–Crippen LogP) is 2.65. The highest BCUT2D eigenvalue weighted by atomic mass is 32.2. The third kappa shape index (κ3) is 4.99. The van der Waals surface area contributed by atoms with Crippen LogP contribution in [0.5, 0.6) is 0 Å². The highest BCUT2D eigenvalue weighted by molar-refractivity contribution is 7.92. The molecule has 1 heterocycles. The van der Waals surface area contributed by atoms with E-state index in [1.807, 2.05) is 0 Å². The number of sulfonamides is 1. The van der Waals surface area contributed by atoms with Gasteiger partial charge in [-0.25, -0.2) is 13.8 Å². The topological polar surface area (TPSA) is 101 Å². The minimum atomic E-state index is -3.67. The lowest BCUT2D eigenvalue weighted by molar-refractivity contribution is 0.0955. The fraction of sp³-hybridized carbons (Fsp3) is 0. The third-order valence-corrected chi connectivity index (χ3v) is 4.91. The zero-order valence-electron chi connectivity index (χ0n) is 14.1. The van der Waals surface area contributed by atoms with E-state index >= 15 is 0 Å². The lowest BCUT2D eigenvalue weighted by atomic mass is 10.2. The number of nitrogens with one attached hydrogen (secondary N) is 2. The van der Waals surface area contributed by atoms with Crippen LogP contribution in [-0.4, -0.2) is 25.5 Å². The van der Waals surface area contributed by atoms with Gasteiger partial charge in [-0.3, -0.25) is 14.5 Å². The molecular weight excluding hydrogens is 364 g/mol. The Kier molecular flexibility index (Phi) is 5.58. The molecule has 8 heteroatoms. The number of amides is 1. The Labute approximate surface area is 156 Å². The molecule has 1 amide bonds. The van der Waals surface area contributed by atoms with E-state index in [0.29, 0.717) is 11.3 Å². The summed E-state index contributed by atoms with van der Waals surface area (Å²) in [5.74, 6) is -0.410. The van der Waals surface area contributed by atoms with Gasteiger partial charge in [-0.2, -0.15) is 5.10 Å². The van der Waals surface area contributed by atoms with Gasteiger partial charge in [0.05, 0.1) is 11.1 Å². The fourth-order valence-electron chi connectivity index (χ4n) is 2.19. The second kappa shape index (κ2) is 8.24. The van der Waals surface area contributed by atoms with E-state index in [4.69, 9.17) is 0 Å². The van der Waals surface area contributed by atoms with Crippen LogP contribution in [0.1, 0.15) is 15.9 Å². The van der Waals surface area contributed by atoms with Crippen LogP contribution in [0.2, 0.25) is 0 Å². The second-order valence-electron chi connectivity index (χ2n) is 5.48. The van der Waals surface area contributed by atoms with Gasteiger partial charge in [0.25, 0.3) is 15.9 Å². The van der Waals surface area contributed by atoms with Crippen molar-refractivity contribution < 1.29 is 13.2 Å². The molecule has 0 aliphatic carbocycles. The minimum Gasteiger partial charge on any atom is -0.280 e. The molecule has 2 aromatic carbocycles. The van der Waals surface area contributed by atoms with Crippen molar-refractivity contribution in [1.82, 2.24) is 10.4 Å². The Hall–Kier alpha value is -3.52. The fourth-order valence-corrected chi connectivity index (χ4v) is 3.27. The number of rotatable bonds is 6. The molecule has 0 saturated heterocycles. The van der Waals surface area contributed by atoms with Crippen molar-refractivity contribution in [2.75, 3.05) is 4.72 Å². The number of pyridine rings is 1. The molecule has 0 spiro atoms. The van der Waals surface area contributed by atoms with Crippen molar-refractivity contribution in [3.63, 3.8) is 0 Å². The first-order chi connectivity index (χ1) is 13.0. The lowest BCUT2D eigenvalue weighted by Crippen LogP contribution is -2.18. The van der Waals surface area contributed by atoms with Gasteiger partial charge in [-0.05, 0) is 42.5 Å². The van der Waals surface area contributed by atoms with Gasteiger partial charge in [0.1, 0.15) is 0 Å². The largest absolute Gasteiger partial charge is 0.280 e. The summed E-state index contributed by atoms with van der Waals surface area (Å²) in [4.78, 5) is 16.2. The van der Waals surface area contributed by atoms with Gasteiger partial charge in [0.2, 0.25) is 0 Å². The number of hydrazone groups is 1. The zero-order chi connectivity index (χ0) is 19.1. The molecule has 27 heavy (non-hydrogen) atoms. The predicted molar refractivity (Wildman–Crippen MR) is 103 cm³/mol. The molecule has 2 N–H and O–H groups in total. The van der Waals surface area contributed by atoms with E-state index < -0.39 is 15.9 Å². The van der Waals surface area contributed by atoms with Crippen molar-refractivity contribution in [2.24, 2.45) is 5.10 Å². The number of carbonyl (C=O) groups is 1. The quantitative estimate of drug-likeness (QED) is 0.507. The van der Waals surface area contributed by atoms with Crippen molar-refractivity contribution in [3.05, 3.63) is 90.3 Å². The van der Waals surface area contributed by atoms with Gasteiger partial charge in [-0.1, -0.05) is 24.3 Å². The number of aromatic nitrogens is 1. The first-order valence-corrected chi connectivity index (χ1v) is 9.44. The van der Waals surface area contributed by atoms with Crippen molar-refractivity contribution in [3.8, 4) is 0 Å². The molecule has 0 atom stereocenters. The summed E-state index contributed by atoms with van der Waals surface area (Å²) >= 11 is 0. The van der Waals surface area contributed by atoms with E-state index in [0.717, 1.165) is 5.56 Å². The number of hydrogen-bond acceptors (Lipinski definition) is 5. The van der Waals surface area contributed by atoms with Gasteiger partial charge in [-0.15, -0.1) is 0 Å². The highest BCUT2D eigenvalue weighted by Crippen LogP contribution is 2.16. The molecule has 0 bridgehead atoms. The molecular formula is C19H16N4O3S. The average Bonchev–Trinajstić information content (AvgIpc) is 2.70. The number of carbonyl (C=O) groups excluding carboxylic acids is 1. The van der Waals surface area contributed by atoms with Crippen LogP contribution in [0.25, 0.3) is 0 Å². The lowest BCUT2D eigenvalue weighted by Gasteiger charge is -2.08. The molecule has 3 rings (SSSR count). The summed E-state index contributed by atoms with van der Waals surface area (Å²) in [6.07, 6.45) is 4.74. The maximum Gasteiger partial charge on any atom is 0.271 e. The van der Waals surface area contributed by atoms with Crippen LogP contribution in [0.4, 0.5) is 5.69 Å². The smallest absolute Gasteiger partial charge is 0.271 e. The van der Waals surface area contributed by atoms with Crippen LogP contribution in [0, 0.1) is 0 Å². The van der Waals surface area contributed by atoms with Gasteiger partial charge < -0.3 is 0 Å². The second-order valence-corrected chi connectivity index (χ2v) is 7.16. The molecule has 0 fully saturated rings. The van der Waals surface area contributed by atoms with E-state index in [-0.39, 0.29) is 4.90 Å². The zero-order valence-corrected chi connectivity index (χ0v) is 14.9. The molecule has 1 aromatic heterocycles. The number of benzene rings is 2. The van der Waals surface area contributed by atoms with E-state index in [2.05, 4.69) is 20.2 Å². The van der Waals surface area contributed by atoms with Crippen LogP contribution < -0.4 is 10.1 Å². The standard InChI is InChI=1S/C19H16N4O3S/c24-19(22-21-14-15-5-4-12-20-13-15)16-8-10-17(11-9-16)23-27(25,26)18-6-2-1-3-7-18/h1-14,23H,(H,22,24)/b21-14+.